The Balaban J connectivity index is 0.000000481. The van der Waals surface area contributed by atoms with Crippen molar-refractivity contribution in [1.82, 2.24) is 39.2 Å². The Morgan fingerprint density at radius 1 is 0.196 bits per heavy atom. The molecule has 8 rings (SSSR count). The first-order valence-electron chi connectivity index (χ1n) is 36.5. The van der Waals surface area contributed by atoms with Crippen molar-refractivity contribution in [3.63, 3.8) is 0 Å². The van der Waals surface area contributed by atoms with Crippen LogP contribution in [0.5, 0.6) is 46.0 Å². The van der Waals surface area contributed by atoms with Crippen LogP contribution in [0.25, 0.3) is 48.6 Å². The Hall–Kier alpha value is -9.20. The third-order valence-electron chi connectivity index (χ3n) is 17.8. The summed E-state index contributed by atoms with van der Waals surface area (Å²) in [6, 6.07) is 45.9. The van der Waals surface area contributed by atoms with E-state index in [4.69, 9.17) is 0 Å². The van der Waals surface area contributed by atoms with Gasteiger partial charge < -0.3 is 60.5 Å². The van der Waals surface area contributed by atoms with E-state index in [0.717, 1.165) is 168 Å². The number of benzene rings is 8. The molecular formula is C91H132N8O8. The van der Waals surface area contributed by atoms with Crippen molar-refractivity contribution in [2.24, 2.45) is 0 Å². The summed E-state index contributed by atoms with van der Waals surface area (Å²) < 4.78 is 0. The first-order chi connectivity index (χ1) is 49.7. The Morgan fingerprint density at radius 3 is 0.402 bits per heavy atom. The minimum atomic E-state index is 0. The Morgan fingerprint density at radius 2 is 0.308 bits per heavy atom. The van der Waals surface area contributed by atoms with Gasteiger partial charge in [0.05, 0.1) is 0 Å². The highest BCUT2D eigenvalue weighted by Crippen LogP contribution is 2.30. The second-order valence-corrected chi connectivity index (χ2v) is 27.2. The summed E-state index contributed by atoms with van der Waals surface area (Å²) in [4.78, 5) is 17.1. The van der Waals surface area contributed by atoms with E-state index in [1.54, 1.807) is 48.5 Å². The fraction of sp³-hybridized carbons (Fsp3) is 0.385. The van der Waals surface area contributed by atoms with Crippen molar-refractivity contribution in [3.05, 3.63) is 235 Å². The molecule has 0 spiro atoms. The van der Waals surface area contributed by atoms with Crippen molar-refractivity contribution in [2.45, 2.75) is 130 Å². The van der Waals surface area contributed by atoms with Crippen molar-refractivity contribution >= 4 is 48.6 Å². The van der Waals surface area contributed by atoms with Crippen LogP contribution in [0, 0.1) is 0 Å². The third kappa shape index (κ3) is 32.8. The van der Waals surface area contributed by atoms with Crippen LogP contribution in [-0.4, -0.2) is 189 Å². The molecule has 0 bridgehead atoms. The number of nitrogens with zero attached hydrogens (tertiary/aromatic N) is 8. The summed E-state index contributed by atoms with van der Waals surface area (Å²) in [6.45, 7) is 30.6. The predicted octanol–water partition coefficient (Wildman–Crippen LogP) is 18.6. The zero-order valence-corrected chi connectivity index (χ0v) is 64.9. The molecule has 0 atom stereocenters. The van der Waals surface area contributed by atoms with Gasteiger partial charge >= 0.3 is 0 Å². The lowest BCUT2D eigenvalue weighted by molar-refractivity contribution is 0.291. The molecule has 0 amide bonds. The largest absolute Gasteiger partial charge is 0.508 e. The molecule has 8 aromatic carbocycles. The molecular weight excluding hydrogens is 1330 g/mol. The van der Waals surface area contributed by atoms with E-state index in [9.17, 15) is 40.9 Å². The number of hydrogen-bond donors (Lipinski definition) is 8. The van der Waals surface area contributed by atoms with E-state index in [-0.39, 0.29) is 22.3 Å². The number of hydrogen-bond acceptors (Lipinski definition) is 16. The van der Waals surface area contributed by atoms with Crippen molar-refractivity contribution in [2.75, 3.05) is 109 Å². The monoisotopic (exact) mass is 1470 g/mol. The highest BCUT2D eigenvalue weighted by Gasteiger charge is 2.13. The molecule has 0 aliphatic carbocycles. The summed E-state index contributed by atoms with van der Waals surface area (Å²) in [7, 11) is 15.8. The van der Waals surface area contributed by atoms with Gasteiger partial charge in [0.15, 0.2) is 0 Å². The van der Waals surface area contributed by atoms with Crippen molar-refractivity contribution in [3.8, 4) is 46.0 Å². The van der Waals surface area contributed by atoms with Gasteiger partial charge in [0.2, 0.25) is 0 Å². The molecule has 16 nitrogen and oxygen atoms in total. The fourth-order valence-corrected chi connectivity index (χ4v) is 11.4. The zero-order chi connectivity index (χ0) is 76.4. The summed E-state index contributed by atoms with van der Waals surface area (Å²) in [5.74, 6) is 2.51. The molecule has 0 unspecified atom stereocenters. The van der Waals surface area contributed by atoms with Crippen LogP contribution in [-0.2, 0) is 52.4 Å². The molecule has 0 fully saturated rings. The molecule has 0 aromatic heterocycles. The number of phenols is 8. The van der Waals surface area contributed by atoms with Crippen LogP contribution in [0.3, 0.4) is 0 Å². The minimum Gasteiger partial charge on any atom is -0.508 e. The molecule has 8 aromatic rings. The molecule has 584 valence electrons. The lowest BCUT2D eigenvalue weighted by atomic mass is 10.1. The summed E-state index contributed by atoms with van der Waals surface area (Å²) in [6.07, 6.45) is 15.6. The van der Waals surface area contributed by atoms with Crippen LogP contribution < -0.4 is 0 Å². The molecule has 107 heavy (non-hydrogen) atoms. The second-order valence-electron chi connectivity index (χ2n) is 27.2. The summed E-state index contributed by atoms with van der Waals surface area (Å²) in [5, 5.41) is 81.7. The van der Waals surface area contributed by atoms with Crippen molar-refractivity contribution < 1.29 is 40.9 Å². The summed E-state index contributed by atoms with van der Waals surface area (Å²) in [5.41, 5.74) is 14.8. The van der Waals surface area contributed by atoms with Gasteiger partial charge in [0, 0.05) is 96.9 Å². The van der Waals surface area contributed by atoms with Crippen LogP contribution in [0.4, 0.5) is 0 Å². The van der Waals surface area contributed by atoms with E-state index in [1.165, 1.54) is 0 Å². The predicted molar refractivity (Wildman–Crippen MR) is 457 cm³/mol. The molecule has 0 radical (unpaired) electrons. The topological polar surface area (TPSA) is 188 Å². The smallest absolute Gasteiger partial charge is 0.120 e. The van der Waals surface area contributed by atoms with E-state index in [2.05, 4.69) is 75.0 Å². The van der Waals surface area contributed by atoms with Crippen LogP contribution in [0.15, 0.2) is 146 Å². The highest BCUT2D eigenvalue weighted by molar-refractivity contribution is 5.74. The van der Waals surface area contributed by atoms with Gasteiger partial charge in [-0.3, -0.25) is 19.6 Å². The standard InChI is InChI=1S/2C24H34N2O2.2C20H26N2O2.3CH4/c2*1-5-25(6-2)17-21-13-11-19(15-23(21)27)9-10-20-12-14-22(24(28)16-20)18-26(7-3)8-4;2*1-21(2)13-17-9-7-15(11-19(17)23)5-6-16-8-10-18(14-22(3)4)20(24)12-16;;;/h2*9-16,27-28H,5-8,17-18H2,1-4H3;2*5-12,23-24H,13-14H2,1-4H3;3*1H4/b10-9+;10-9-;6-5+;6-5-;;;. The Bertz CT molecular complexity index is 3520. The maximum atomic E-state index is 10.3. The van der Waals surface area contributed by atoms with Gasteiger partial charge in [-0.25, -0.2) is 0 Å². The van der Waals surface area contributed by atoms with Gasteiger partial charge in [-0.1, -0.05) is 223 Å². The lowest BCUT2D eigenvalue weighted by Crippen LogP contribution is -2.22. The van der Waals surface area contributed by atoms with Gasteiger partial charge in [-0.2, -0.15) is 0 Å². The first kappa shape index (κ1) is 93.9. The molecule has 0 heterocycles. The quantitative estimate of drug-likeness (QED) is 0.0186. The number of rotatable bonds is 32. The van der Waals surface area contributed by atoms with E-state index in [0.29, 0.717) is 72.2 Å². The number of phenolic OH excluding ortho intramolecular Hbond substituents is 8. The van der Waals surface area contributed by atoms with Gasteiger partial charge in [0.1, 0.15) is 46.0 Å². The van der Waals surface area contributed by atoms with Gasteiger partial charge in [-0.15, -0.1) is 0 Å². The van der Waals surface area contributed by atoms with Gasteiger partial charge in [0.25, 0.3) is 0 Å². The molecule has 8 N–H and O–H groups in total. The minimum absolute atomic E-state index is 0. The maximum Gasteiger partial charge on any atom is 0.120 e. The Labute approximate surface area is 644 Å². The summed E-state index contributed by atoms with van der Waals surface area (Å²) >= 11 is 0. The Kier molecular flexibility index (Phi) is 42.9. The van der Waals surface area contributed by atoms with E-state index in [1.807, 2.05) is 222 Å². The molecule has 16 heteroatoms. The highest BCUT2D eigenvalue weighted by atomic mass is 16.3. The van der Waals surface area contributed by atoms with Crippen LogP contribution >= 0.6 is 0 Å². The average molecular weight is 1470 g/mol. The van der Waals surface area contributed by atoms with Gasteiger partial charge in [-0.05, 0) is 202 Å². The average Bonchev–Trinajstić information content (AvgIpc) is 0.868. The maximum absolute atomic E-state index is 10.3. The van der Waals surface area contributed by atoms with E-state index >= 15 is 0 Å². The molecule has 0 saturated heterocycles. The van der Waals surface area contributed by atoms with Crippen molar-refractivity contribution in [1.29, 1.82) is 0 Å². The number of aromatic hydroxyl groups is 8. The van der Waals surface area contributed by atoms with E-state index < -0.39 is 0 Å². The fourth-order valence-electron chi connectivity index (χ4n) is 11.4. The third-order valence-corrected chi connectivity index (χ3v) is 17.8. The molecule has 0 aliphatic heterocycles. The normalized spacial score (nSPS) is 11.4. The zero-order valence-electron chi connectivity index (χ0n) is 64.9. The first-order valence-corrected chi connectivity index (χ1v) is 36.5. The SMILES string of the molecule is C.C.C.CCN(CC)Cc1ccc(/C=C/c2ccc(CN(CC)CC)c(O)c2)cc1O.CCN(CC)Cc1ccc(/C=C\c2ccc(CN(CC)CC)c(O)c2)cc1O.CN(C)Cc1ccc(/C=C/c2ccc(CN(C)C)c(O)c2)cc1O.CN(C)Cc1ccc(/C=C\c2ccc(CN(C)C)c(O)c2)cc1O. The molecule has 0 saturated carbocycles. The second kappa shape index (κ2) is 48.9. The van der Waals surface area contributed by atoms with Crippen LogP contribution in [0.2, 0.25) is 0 Å². The van der Waals surface area contributed by atoms with Crippen LogP contribution in [0.1, 0.15) is 167 Å². The molecule has 0 aliphatic rings. The lowest BCUT2D eigenvalue weighted by Gasteiger charge is -2.19.